The highest BCUT2D eigenvalue weighted by molar-refractivity contribution is 5.93. The molecule has 2 aromatic heterocycles. The van der Waals surface area contributed by atoms with E-state index >= 15 is 0 Å². The molecule has 0 spiro atoms. The van der Waals surface area contributed by atoms with E-state index in [9.17, 15) is 18.0 Å². The van der Waals surface area contributed by atoms with E-state index < -0.39 is 12.8 Å². The van der Waals surface area contributed by atoms with Gasteiger partial charge in [0.25, 0.3) is 11.8 Å². The highest BCUT2D eigenvalue weighted by Gasteiger charge is 2.29. The summed E-state index contributed by atoms with van der Waals surface area (Å²) in [7, 11) is 1.29. The van der Waals surface area contributed by atoms with Gasteiger partial charge in [-0.2, -0.15) is 13.2 Å². The van der Waals surface area contributed by atoms with E-state index in [0.29, 0.717) is 11.1 Å². The van der Waals surface area contributed by atoms with Gasteiger partial charge in [-0.05, 0) is 23.8 Å². The first-order valence-corrected chi connectivity index (χ1v) is 6.80. The molecule has 0 aromatic carbocycles. The summed E-state index contributed by atoms with van der Waals surface area (Å²) in [5.74, 6) is -0.525. The Hall–Kier alpha value is -2.84. The summed E-state index contributed by atoms with van der Waals surface area (Å²) >= 11 is 0. The smallest absolute Gasteiger partial charge is 0.422 e. The van der Waals surface area contributed by atoms with Crippen LogP contribution in [0, 0.1) is 0 Å². The van der Waals surface area contributed by atoms with Crippen molar-refractivity contribution in [3.63, 3.8) is 0 Å². The van der Waals surface area contributed by atoms with Crippen molar-refractivity contribution in [1.29, 1.82) is 0 Å². The topological polar surface area (TPSA) is 73.3 Å². The Kier molecular flexibility index (Phi) is 5.56. The standard InChI is InChI=1S/C15H14F3N3O3/c1-23-12-6-10(8-21-14(12)24-9-15(16,17)18)7-20-13(22)11-2-4-19-5-3-11/h2-6,8H,7,9H2,1H3,(H,20,22). The number of aromatic nitrogens is 2. The van der Waals surface area contributed by atoms with Crippen molar-refractivity contribution in [3.05, 3.63) is 47.9 Å². The average molecular weight is 341 g/mol. The third kappa shape index (κ3) is 5.11. The van der Waals surface area contributed by atoms with Crippen LogP contribution < -0.4 is 14.8 Å². The number of hydrogen-bond acceptors (Lipinski definition) is 5. The number of pyridine rings is 2. The number of methoxy groups -OCH3 is 1. The van der Waals surface area contributed by atoms with Crippen LogP contribution in [0.5, 0.6) is 11.6 Å². The molecule has 2 heterocycles. The maximum absolute atomic E-state index is 12.2. The van der Waals surface area contributed by atoms with Crippen LogP contribution in [0.3, 0.4) is 0 Å². The predicted molar refractivity (Wildman–Crippen MR) is 77.7 cm³/mol. The van der Waals surface area contributed by atoms with Crippen molar-refractivity contribution in [2.45, 2.75) is 12.7 Å². The molecule has 24 heavy (non-hydrogen) atoms. The van der Waals surface area contributed by atoms with Gasteiger partial charge in [0.05, 0.1) is 7.11 Å². The highest BCUT2D eigenvalue weighted by Crippen LogP contribution is 2.27. The minimum absolute atomic E-state index is 0.0508. The molecule has 0 aliphatic rings. The zero-order valence-electron chi connectivity index (χ0n) is 12.6. The maximum atomic E-state index is 12.2. The Morgan fingerprint density at radius 2 is 2.00 bits per heavy atom. The molecule has 0 bridgehead atoms. The fraction of sp³-hybridized carbons (Fsp3) is 0.267. The van der Waals surface area contributed by atoms with E-state index in [-0.39, 0.29) is 24.1 Å². The van der Waals surface area contributed by atoms with Gasteiger partial charge in [-0.15, -0.1) is 0 Å². The molecule has 2 rings (SSSR count). The quantitative estimate of drug-likeness (QED) is 0.873. The number of amides is 1. The number of halogens is 3. The number of carbonyl (C=O) groups excluding carboxylic acids is 1. The van der Waals surface area contributed by atoms with Crippen molar-refractivity contribution in [1.82, 2.24) is 15.3 Å². The van der Waals surface area contributed by atoms with E-state index in [2.05, 4.69) is 20.0 Å². The summed E-state index contributed by atoms with van der Waals surface area (Å²) < 4.78 is 46.1. The van der Waals surface area contributed by atoms with Gasteiger partial charge in [0.2, 0.25) is 0 Å². The zero-order valence-corrected chi connectivity index (χ0v) is 12.6. The molecule has 0 saturated carbocycles. The molecule has 0 aliphatic carbocycles. The molecule has 128 valence electrons. The second-order valence-corrected chi connectivity index (χ2v) is 4.67. The Bertz CT molecular complexity index is 693. The minimum Gasteiger partial charge on any atom is -0.491 e. The number of nitrogens with one attached hydrogen (secondary N) is 1. The van der Waals surface area contributed by atoms with Crippen molar-refractivity contribution < 1.29 is 27.4 Å². The number of rotatable bonds is 6. The maximum Gasteiger partial charge on any atom is 0.422 e. The second kappa shape index (κ2) is 7.62. The second-order valence-electron chi connectivity index (χ2n) is 4.67. The van der Waals surface area contributed by atoms with Crippen LogP contribution in [0.2, 0.25) is 0 Å². The molecule has 0 unspecified atom stereocenters. The zero-order chi connectivity index (χ0) is 17.6. The average Bonchev–Trinajstić information content (AvgIpc) is 2.58. The lowest BCUT2D eigenvalue weighted by Gasteiger charge is -2.12. The molecule has 0 aliphatic heterocycles. The fourth-order valence-corrected chi connectivity index (χ4v) is 1.76. The molecule has 0 radical (unpaired) electrons. The summed E-state index contributed by atoms with van der Waals surface area (Å²) in [6.45, 7) is -1.33. The third-order valence-corrected chi connectivity index (χ3v) is 2.86. The Labute approximate surface area is 135 Å². The van der Waals surface area contributed by atoms with Gasteiger partial charge >= 0.3 is 6.18 Å². The van der Waals surface area contributed by atoms with Crippen molar-refractivity contribution in [2.24, 2.45) is 0 Å². The van der Waals surface area contributed by atoms with Gasteiger partial charge in [-0.1, -0.05) is 0 Å². The molecule has 0 atom stereocenters. The molecule has 0 fully saturated rings. The normalized spacial score (nSPS) is 11.0. The summed E-state index contributed by atoms with van der Waals surface area (Å²) in [4.78, 5) is 19.5. The first-order valence-electron chi connectivity index (χ1n) is 6.80. The third-order valence-electron chi connectivity index (χ3n) is 2.86. The van der Waals surface area contributed by atoms with Crippen LogP contribution in [0.1, 0.15) is 15.9 Å². The molecule has 2 aromatic rings. The van der Waals surface area contributed by atoms with Gasteiger partial charge in [0.15, 0.2) is 12.4 Å². The number of carbonyl (C=O) groups is 1. The summed E-state index contributed by atoms with van der Waals surface area (Å²) in [6.07, 6.45) is -0.177. The van der Waals surface area contributed by atoms with Gasteiger partial charge in [0, 0.05) is 30.7 Å². The van der Waals surface area contributed by atoms with E-state index in [1.54, 1.807) is 12.1 Å². The van der Waals surface area contributed by atoms with Crippen LogP contribution in [0.25, 0.3) is 0 Å². The highest BCUT2D eigenvalue weighted by atomic mass is 19.4. The number of nitrogens with zero attached hydrogens (tertiary/aromatic N) is 2. The largest absolute Gasteiger partial charge is 0.491 e. The van der Waals surface area contributed by atoms with E-state index in [0.717, 1.165) is 0 Å². The van der Waals surface area contributed by atoms with E-state index in [1.807, 2.05) is 0 Å². The van der Waals surface area contributed by atoms with Gasteiger partial charge < -0.3 is 14.8 Å². The first kappa shape index (κ1) is 17.5. The van der Waals surface area contributed by atoms with Crippen LogP contribution in [0.15, 0.2) is 36.8 Å². The number of ether oxygens (including phenoxy) is 2. The van der Waals surface area contributed by atoms with Crippen LogP contribution >= 0.6 is 0 Å². The molecular weight excluding hydrogens is 327 g/mol. The van der Waals surface area contributed by atoms with Gasteiger partial charge in [-0.3, -0.25) is 9.78 Å². The Morgan fingerprint density at radius 3 is 2.62 bits per heavy atom. The van der Waals surface area contributed by atoms with Crippen molar-refractivity contribution >= 4 is 5.91 Å². The first-order chi connectivity index (χ1) is 11.4. The SMILES string of the molecule is COc1cc(CNC(=O)c2ccncc2)cnc1OCC(F)(F)F. The van der Waals surface area contributed by atoms with Crippen molar-refractivity contribution in [2.75, 3.05) is 13.7 Å². The molecule has 9 heteroatoms. The van der Waals surface area contributed by atoms with E-state index in [4.69, 9.17) is 4.74 Å². The Morgan fingerprint density at radius 1 is 1.29 bits per heavy atom. The summed E-state index contributed by atoms with van der Waals surface area (Å²) in [6, 6.07) is 4.57. The monoisotopic (exact) mass is 341 g/mol. The Balaban J connectivity index is 2.00. The van der Waals surface area contributed by atoms with Gasteiger partial charge in [0.1, 0.15) is 0 Å². The van der Waals surface area contributed by atoms with Crippen LogP contribution in [-0.2, 0) is 6.54 Å². The predicted octanol–water partition coefficient (Wildman–Crippen LogP) is 2.36. The van der Waals surface area contributed by atoms with Crippen molar-refractivity contribution in [3.8, 4) is 11.6 Å². The number of alkyl halides is 3. The lowest BCUT2D eigenvalue weighted by atomic mass is 10.2. The van der Waals surface area contributed by atoms with Gasteiger partial charge in [-0.25, -0.2) is 4.98 Å². The molecule has 6 nitrogen and oxygen atoms in total. The molecule has 1 N–H and O–H groups in total. The molecule has 0 saturated heterocycles. The summed E-state index contributed by atoms with van der Waals surface area (Å²) in [5.41, 5.74) is 0.990. The van der Waals surface area contributed by atoms with E-state index in [1.165, 1.54) is 31.8 Å². The van der Waals surface area contributed by atoms with Crippen LogP contribution in [0.4, 0.5) is 13.2 Å². The lowest BCUT2D eigenvalue weighted by molar-refractivity contribution is -0.154. The summed E-state index contributed by atoms with van der Waals surface area (Å²) in [5, 5.41) is 2.66. The number of hydrogen-bond donors (Lipinski definition) is 1. The van der Waals surface area contributed by atoms with Crippen LogP contribution in [-0.4, -0.2) is 35.8 Å². The molecular formula is C15H14F3N3O3. The fourth-order valence-electron chi connectivity index (χ4n) is 1.76. The molecule has 1 amide bonds. The minimum atomic E-state index is -4.47. The lowest BCUT2D eigenvalue weighted by Crippen LogP contribution is -2.23.